The van der Waals surface area contributed by atoms with Crippen molar-refractivity contribution in [2.45, 2.75) is 12.6 Å². The minimum atomic E-state index is -4.32. The third-order valence-electron chi connectivity index (χ3n) is 1.86. The lowest BCUT2D eigenvalue weighted by atomic mass is 10.3. The zero-order valence-corrected chi connectivity index (χ0v) is 10.0. The predicted octanol–water partition coefficient (Wildman–Crippen LogP) is 3.83. The minimum absolute atomic E-state index is 0.0177. The second-order valence-electron chi connectivity index (χ2n) is 3.45. The maximum Gasteiger partial charge on any atom is 0.411 e. The van der Waals surface area contributed by atoms with E-state index in [2.05, 4.69) is 4.74 Å². The van der Waals surface area contributed by atoms with Gasteiger partial charge in [0.15, 0.2) is 0 Å². The Kier molecular flexibility index (Phi) is 5.68. The van der Waals surface area contributed by atoms with Gasteiger partial charge in [-0.3, -0.25) is 0 Å². The van der Waals surface area contributed by atoms with Gasteiger partial charge >= 0.3 is 6.18 Å². The average molecular weight is 287 g/mol. The molecule has 2 nitrogen and oxygen atoms in total. The van der Waals surface area contributed by atoms with Crippen LogP contribution in [0.1, 0.15) is 6.42 Å². The van der Waals surface area contributed by atoms with E-state index >= 15 is 0 Å². The largest absolute Gasteiger partial charge is 0.493 e. The van der Waals surface area contributed by atoms with Crippen molar-refractivity contribution >= 4 is 11.6 Å². The highest BCUT2D eigenvalue weighted by Gasteiger charge is 2.27. The molecule has 0 bridgehead atoms. The number of alkyl halides is 3. The molecule has 0 atom stereocenters. The fourth-order valence-electron chi connectivity index (χ4n) is 1.11. The molecule has 0 aliphatic heterocycles. The zero-order valence-electron chi connectivity index (χ0n) is 9.27. The Hall–Kier alpha value is -1.01. The molecule has 0 radical (unpaired) electrons. The number of benzene rings is 1. The Morgan fingerprint density at radius 3 is 2.50 bits per heavy atom. The van der Waals surface area contributed by atoms with Gasteiger partial charge < -0.3 is 9.47 Å². The molecule has 0 N–H and O–H groups in total. The van der Waals surface area contributed by atoms with Crippen molar-refractivity contribution in [1.82, 2.24) is 0 Å². The van der Waals surface area contributed by atoms with Gasteiger partial charge in [-0.25, -0.2) is 4.39 Å². The molecule has 1 aromatic carbocycles. The highest BCUT2D eigenvalue weighted by Crippen LogP contribution is 2.20. The first-order chi connectivity index (χ1) is 8.38. The van der Waals surface area contributed by atoms with Crippen LogP contribution in [0.5, 0.6) is 5.75 Å². The Morgan fingerprint density at radius 2 is 1.89 bits per heavy atom. The van der Waals surface area contributed by atoms with Crippen molar-refractivity contribution in [1.29, 1.82) is 0 Å². The summed E-state index contributed by atoms with van der Waals surface area (Å²) >= 11 is 5.47. The molecule has 0 fully saturated rings. The second kappa shape index (κ2) is 6.80. The standard InChI is InChI=1S/C11H11ClF4O2/c12-9-3-2-8(6-10(9)13)18-5-1-4-17-7-11(14,15)16/h2-3,6H,1,4-5,7H2. The van der Waals surface area contributed by atoms with Crippen LogP contribution in [0.25, 0.3) is 0 Å². The minimum Gasteiger partial charge on any atom is -0.493 e. The van der Waals surface area contributed by atoms with E-state index < -0.39 is 18.6 Å². The van der Waals surface area contributed by atoms with Gasteiger partial charge in [-0.15, -0.1) is 0 Å². The molecule has 0 unspecified atom stereocenters. The van der Waals surface area contributed by atoms with Crippen molar-refractivity contribution in [2.75, 3.05) is 19.8 Å². The molecule has 1 rings (SSSR count). The van der Waals surface area contributed by atoms with Crippen molar-refractivity contribution in [3.05, 3.63) is 29.0 Å². The molecule has 0 saturated carbocycles. The fourth-order valence-corrected chi connectivity index (χ4v) is 1.22. The van der Waals surface area contributed by atoms with E-state index in [9.17, 15) is 17.6 Å². The fraction of sp³-hybridized carbons (Fsp3) is 0.455. The van der Waals surface area contributed by atoms with Gasteiger partial charge in [-0.05, 0) is 12.1 Å². The molecule has 0 spiro atoms. The van der Waals surface area contributed by atoms with Crippen LogP contribution in [0.4, 0.5) is 17.6 Å². The molecule has 0 aliphatic carbocycles. The molecule has 0 aromatic heterocycles. The normalized spacial score (nSPS) is 11.6. The van der Waals surface area contributed by atoms with Crippen LogP contribution in [-0.4, -0.2) is 26.0 Å². The summed E-state index contributed by atoms with van der Waals surface area (Å²) in [5.74, 6) is -0.338. The Morgan fingerprint density at radius 1 is 1.17 bits per heavy atom. The molecular formula is C11H11ClF4O2. The highest BCUT2D eigenvalue weighted by molar-refractivity contribution is 6.30. The van der Waals surface area contributed by atoms with E-state index in [0.29, 0.717) is 0 Å². The summed E-state index contributed by atoms with van der Waals surface area (Å²) in [7, 11) is 0. The summed E-state index contributed by atoms with van der Waals surface area (Å²) in [5.41, 5.74) is 0. The second-order valence-corrected chi connectivity index (χ2v) is 3.85. The van der Waals surface area contributed by atoms with E-state index in [1.54, 1.807) is 0 Å². The predicted molar refractivity (Wildman–Crippen MR) is 58.4 cm³/mol. The molecule has 7 heteroatoms. The summed E-state index contributed by atoms with van der Waals surface area (Å²) in [6.07, 6.45) is -4.04. The molecule has 0 heterocycles. The first-order valence-corrected chi connectivity index (χ1v) is 5.48. The lowest BCUT2D eigenvalue weighted by Crippen LogP contribution is -2.18. The number of hydrogen-bond donors (Lipinski definition) is 0. The Labute approximate surface area is 106 Å². The van der Waals surface area contributed by atoms with Crippen molar-refractivity contribution in [3.8, 4) is 5.75 Å². The van der Waals surface area contributed by atoms with E-state index in [4.69, 9.17) is 16.3 Å². The van der Waals surface area contributed by atoms with Crippen LogP contribution >= 0.6 is 11.6 Å². The van der Waals surface area contributed by atoms with Gasteiger partial charge in [0, 0.05) is 12.5 Å². The molecule has 18 heavy (non-hydrogen) atoms. The van der Waals surface area contributed by atoms with Crippen LogP contribution in [0, 0.1) is 5.82 Å². The van der Waals surface area contributed by atoms with Crippen molar-refractivity contribution in [3.63, 3.8) is 0 Å². The number of hydrogen-bond acceptors (Lipinski definition) is 2. The third kappa shape index (κ3) is 6.07. The molecular weight excluding hydrogens is 276 g/mol. The number of ether oxygens (including phenoxy) is 2. The van der Waals surface area contributed by atoms with Gasteiger partial charge in [0.25, 0.3) is 0 Å². The van der Waals surface area contributed by atoms with Gasteiger partial charge in [-0.1, -0.05) is 11.6 Å². The maximum absolute atomic E-state index is 13.0. The van der Waals surface area contributed by atoms with Crippen molar-refractivity contribution < 1.29 is 27.0 Å². The summed E-state index contributed by atoms with van der Waals surface area (Å²) in [6, 6.07) is 3.92. The van der Waals surface area contributed by atoms with Crippen LogP contribution < -0.4 is 4.74 Å². The van der Waals surface area contributed by atoms with Crippen LogP contribution in [-0.2, 0) is 4.74 Å². The number of halogens is 5. The zero-order chi connectivity index (χ0) is 13.6. The molecule has 0 aliphatic rings. The first-order valence-electron chi connectivity index (χ1n) is 5.11. The first kappa shape index (κ1) is 15.0. The monoisotopic (exact) mass is 286 g/mol. The van der Waals surface area contributed by atoms with Crippen LogP contribution in [0.2, 0.25) is 5.02 Å². The smallest absolute Gasteiger partial charge is 0.411 e. The summed E-state index contributed by atoms with van der Waals surface area (Å²) in [5, 5.41) is -0.0177. The van der Waals surface area contributed by atoms with E-state index in [-0.39, 0.29) is 30.4 Å². The summed E-state index contributed by atoms with van der Waals surface area (Å²) < 4.78 is 57.6. The number of rotatable bonds is 6. The lowest BCUT2D eigenvalue weighted by Gasteiger charge is -2.08. The Bertz CT molecular complexity index is 382. The maximum atomic E-state index is 13.0. The molecule has 0 amide bonds. The van der Waals surface area contributed by atoms with Gasteiger partial charge in [-0.2, -0.15) is 13.2 Å². The third-order valence-corrected chi connectivity index (χ3v) is 2.17. The van der Waals surface area contributed by atoms with Gasteiger partial charge in [0.1, 0.15) is 18.2 Å². The molecule has 0 saturated heterocycles. The van der Waals surface area contributed by atoms with Crippen LogP contribution in [0.15, 0.2) is 18.2 Å². The molecule has 102 valence electrons. The van der Waals surface area contributed by atoms with E-state index in [1.807, 2.05) is 0 Å². The van der Waals surface area contributed by atoms with Crippen LogP contribution in [0.3, 0.4) is 0 Å². The van der Waals surface area contributed by atoms with E-state index in [1.165, 1.54) is 12.1 Å². The summed E-state index contributed by atoms with van der Waals surface area (Å²) in [6.45, 7) is -1.21. The van der Waals surface area contributed by atoms with Gasteiger partial charge in [0.2, 0.25) is 0 Å². The highest BCUT2D eigenvalue weighted by atomic mass is 35.5. The van der Waals surface area contributed by atoms with Gasteiger partial charge in [0.05, 0.1) is 18.2 Å². The molecule has 1 aromatic rings. The topological polar surface area (TPSA) is 18.5 Å². The Balaban J connectivity index is 2.16. The van der Waals surface area contributed by atoms with Crippen molar-refractivity contribution in [2.24, 2.45) is 0 Å². The quantitative estimate of drug-likeness (QED) is 0.584. The summed E-state index contributed by atoms with van der Waals surface area (Å²) in [4.78, 5) is 0. The SMILES string of the molecule is Fc1cc(OCCCOCC(F)(F)F)ccc1Cl. The lowest BCUT2D eigenvalue weighted by molar-refractivity contribution is -0.174. The average Bonchev–Trinajstić information content (AvgIpc) is 2.26. The van der Waals surface area contributed by atoms with E-state index in [0.717, 1.165) is 6.07 Å².